The van der Waals surface area contributed by atoms with E-state index in [4.69, 9.17) is 23.2 Å². The molecule has 1 amide bonds. The molecule has 0 atom stereocenters. The molecule has 0 bridgehead atoms. The second-order valence-electron chi connectivity index (χ2n) is 4.41. The van der Waals surface area contributed by atoms with Crippen molar-refractivity contribution in [2.45, 2.75) is 10.7 Å². The Bertz CT molecular complexity index is 837. The molecule has 0 heterocycles. The normalized spacial score (nSPS) is 11.5. The lowest BCUT2D eigenvalue weighted by Gasteiger charge is -2.11. The number of rotatable bonds is 4. The van der Waals surface area contributed by atoms with Crippen LogP contribution in [0.5, 0.6) is 0 Å². The fourth-order valence-electron chi connectivity index (χ4n) is 1.79. The molecule has 1 N–H and O–H groups in total. The summed E-state index contributed by atoms with van der Waals surface area (Å²) in [6, 6.07) is 8.92. The van der Waals surface area contributed by atoms with E-state index in [0.29, 0.717) is 0 Å². The molecular weight excluding hydrogens is 371 g/mol. The van der Waals surface area contributed by atoms with E-state index in [-0.39, 0.29) is 21.3 Å². The summed E-state index contributed by atoms with van der Waals surface area (Å²) in [5.41, 5.74) is -0.194. The Morgan fingerprint density at radius 3 is 2.17 bits per heavy atom. The van der Waals surface area contributed by atoms with Crippen LogP contribution in [0.15, 0.2) is 47.4 Å². The van der Waals surface area contributed by atoms with Crippen LogP contribution in [0.4, 0.5) is 14.5 Å². The van der Waals surface area contributed by atoms with E-state index < -0.39 is 26.4 Å². The molecule has 2 aromatic carbocycles. The van der Waals surface area contributed by atoms with Gasteiger partial charge in [-0.15, -0.1) is 0 Å². The van der Waals surface area contributed by atoms with Crippen LogP contribution in [0.1, 0.15) is 10.4 Å². The van der Waals surface area contributed by atoms with Crippen molar-refractivity contribution in [2.24, 2.45) is 0 Å². The maximum atomic E-state index is 12.7. The fourth-order valence-corrected chi connectivity index (χ4v) is 3.21. The van der Waals surface area contributed by atoms with Crippen LogP contribution in [0.2, 0.25) is 10.0 Å². The third kappa shape index (κ3) is 3.99. The van der Waals surface area contributed by atoms with Crippen molar-refractivity contribution in [3.8, 4) is 0 Å². The monoisotopic (exact) mass is 379 g/mol. The summed E-state index contributed by atoms with van der Waals surface area (Å²) in [7, 11) is -4.85. The molecule has 122 valence electrons. The van der Waals surface area contributed by atoms with E-state index in [0.717, 1.165) is 6.07 Å². The van der Waals surface area contributed by atoms with E-state index in [1.54, 1.807) is 0 Å². The number of benzene rings is 2. The highest BCUT2D eigenvalue weighted by molar-refractivity contribution is 7.91. The van der Waals surface area contributed by atoms with Crippen LogP contribution >= 0.6 is 23.2 Å². The predicted molar refractivity (Wildman–Crippen MR) is 84.0 cm³/mol. The fraction of sp³-hybridized carbons (Fsp3) is 0.0714. The second kappa shape index (κ2) is 6.82. The largest absolute Gasteiger partial charge is 0.341 e. The molecule has 2 aromatic rings. The summed E-state index contributed by atoms with van der Waals surface area (Å²) < 4.78 is 48.7. The second-order valence-corrected chi connectivity index (χ2v) is 7.17. The lowest BCUT2D eigenvalue weighted by atomic mass is 10.2. The number of amides is 1. The lowest BCUT2D eigenvalue weighted by molar-refractivity contribution is 0.102. The minimum atomic E-state index is -4.85. The number of carbonyl (C=O) groups excluding carboxylic acids is 1. The average molecular weight is 380 g/mol. The van der Waals surface area contributed by atoms with Gasteiger partial charge in [-0.2, -0.15) is 8.78 Å². The Kier molecular flexibility index (Phi) is 5.23. The maximum absolute atomic E-state index is 12.7. The van der Waals surface area contributed by atoms with Crippen LogP contribution in [0, 0.1) is 0 Å². The quantitative estimate of drug-likeness (QED) is 0.863. The Balaban J connectivity index is 2.40. The number of sulfone groups is 1. The van der Waals surface area contributed by atoms with E-state index in [1.807, 2.05) is 0 Å². The molecule has 2 rings (SSSR count). The summed E-state index contributed by atoms with van der Waals surface area (Å²) in [5.74, 6) is -4.33. The molecule has 0 saturated heterocycles. The van der Waals surface area contributed by atoms with Crippen LogP contribution in [0.25, 0.3) is 0 Å². The number of carbonyl (C=O) groups is 1. The number of alkyl halides is 2. The smallest absolute Gasteiger partial charge is 0.321 e. The molecule has 0 aliphatic carbocycles. The van der Waals surface area contributed by atoms with Crippen molar-refractivity contribution in [1.82, 2.24) is 0 Å². The minimum Gasteiger partial charge on any atom is -0.321 e. The molecule has 0 aliphatic heterocycles. The third-order valence-electron chi connectivity index (χ3n) is 2.80. The number of hydrogen-bond acceptors (Lipinski definition) is 3. The molecule has 0 aromatic heterocycles. The number of nitrogens with one attached hydrogen (secondary N) is 1. The Morgan fingerprint density at radius 1 is 1.04 bits per heavy atom. The molecule has 0 saturated carbocycles. The van der Waals surface area contributed by atoms with Gasteiger partial charge in [-0.25, -0.2) is 8.42 Å². The van der Waals surface area contributed by atoms with Crippen molar-refractivity contribution < 1.29 is 22.0 Å². The van der Waals surface area contributed by atoms with Crippen molar-refractivity contribution in [2.75, 3.05) is 5.32 Å². The molecule has 4 nitrogen and oxygen atoms in total. The molecule has 0 aliphatic rings. The first kappa shape index (κ1) is 17.7. The zero-order chi connectivity index (χ0) is 17.2. The highest BCUT2D eigenvalue weighted by Crippen LogP contribution is 2.27. The first-order chi connectivity index (χ1) is 10.7. The van der Waals surface area contributed by atoms with Crippen LogP contribution < -0.4 is 5.32 Å². The van der Waals surface area contributed by atoms with Gasteiger partial charge in [-0.05, 0) is 30.3 Å². The highest BCUT2D eigenvalue weighted by atomic mass is 35.5. The summed E-state index contributed by atoms with van der Waals surface area (Å²) >= 11 is 11.6. The zero-order valence-electron chi connectivity index (χ0n) is 11.3. The van der Waals surface area contributed by atoms with Gasteiger partial charge in [0.05, 0.1) is 10.6 Å². The molecule has 0 fully saturated rings. The number of hydrogen-bond donors (Lipinski definition) is 1. The summed E-state index contributed by atoms with van der Waals surface area (Å²) in [6.45, 7) is 0. The van der Waals surface area contributed by atoms with Crippen LogP contribution in [-0.4, -0.2) is 20.1 Å². The van der Waals surface area contributed by atoms with E-state index >= 15 is 0 Å². The molecule has 0 unspecified atom stereocenters. The predicted octanol–water partition coefficient (Wildman–Crippen LogP) is 4.24. The van der Waals surface area contributed by atoms with Crippen LogP contribution in [-0.2, 0) is 9.84 Å². The molecule has 23 heavy (non-hydrogen) atoms. The van der Waals surface area contributed by atoms with Gasteiger partial charge in [-0.1, -0.05) is 35.3 Å². The van der Waals surface area contributed by atoms with Crippen LogP contribution in [0.3, 0.4) is 0 Å². The Hall–Kier alpha value is -1.70. The third-order valence-corrected chi connectivity index (χ3v) is 4.68. The Morgan fingerprint density at radius 2 is 1.61 bits per heavy atom. The van der Waals surface area contributed by atoms with Crippen molar-refractivity contribution in [3.63, 3.8) is 0 Å². The van der Waals surface area contributed by atoms with Gasteiger partial charge in [0.2, 0.25) is 9.84 Å². The van der Waals surface area contributed by atoms with Crippen molar-refractivity contribution in [3.05, 3.63) is 58.1 Å². The van der Waals surface area contributed by atoms with Gasteiger partial charge in [0.25, 0.3) is 5.91 Å². The molecule has 0 spiro atoms. The zero-order valence-corrected chi connectivity index (χ0v) is 13.6. The Labute approximate surface area is 140 Å². The summed E-state index contributed by atoms with van der Waals surface area (Å²) in [4.78, 5) is 11.5. The van der Waals surface area contributed by atoms with E-state index in [1.165, 1.54) is 36.4 Å². The average Bonchev–Trinajstić information content (AvgIpc) is 2.46. The highest BCUT2D eigenvalue weighted by Gasteiger charge is 2.29. The summed E-state index contributed by atoms with van der Waals surface area (Å²) in [6.07, 6.45) is 0. The van der Waals surface area contributed by atoms with Gasteiger partial charge in [-0.3, -0.25) is 4.79 Å². The standard InChI is InChI=1S/C14H9Cl2F2NO3S/c15-9-5-8(6-10(16)7-9)13(20)19-11-3-1-2-4-12(11)23(21,22)14(17)18/h1-7,14H,(H,19,20). The molecular formula is C14H9Cl2F2NO3S. The van der Waals surface area contributed by atoms with E-state index in [9.17, 15) is 22.0 Å². The SMILES string of the molecule is O=C(Nc1ccccc1S(=O)(=O)C(F)F)c1cc(Cl)cc(Cl)c1. The molecule has 9 heteroatoms. The van der Waals surface area contributed by atoms with Gasteiger partial charge in [0.15, 0.2) is 0 Å². The maximum Gasteiger partial charge on any atom is 0.341 e. The van der Waals surface area contributed by atoms with Crippen molar-refractivity contribution >= 4 is 44.6 Å². The van der Waals surface area contributed by atoms with Gasteiger partial charge >= 0.3 is 5.76 Å². The first-order valence-corrected chi connectivity index (χ1v) is 8.40. The van der Waals surface area contributed by atoms with Gasteiger partial charge < -0.3 is 5.32 Å². The van der Waals surface area contributed by atoms with Gasteiger partial charge in [0.1, 0.15) is 0 Å². The number of para-hydroxylation sites is 1. The minimum absolute atomic E-state index is 0.0618. The lowest BCUT2D eigenvalue weighted by Crippen LogP contribution is -2.17. The van der Waals surface area contributed by atoms with Crippen molar-refractivity contribution in [1.29, 1.82) is 0 Å². The van der Waals surface area contributed by atoms with Gasteiger partial charge in [0, 0.05) is 15.6 Å². The topological polar surface area (TPSA) is 63.2 Å². The van der Waals surface area contributed by atoms with E-state index in [2.05, 4.69) is 5.32 Å². The number of anilines is 1. The number of halogens is 4. The first-order valence-electron chi connectivity index (χ1n) is 6.10. The molecule has 0 radical (unpaired) electrons. The summed E-state index contributed by atoms with van der Waals surface area (Å²) in [5, 5.41) is 2.68.